The maximum Gasteiger partial charge on any atom is 0.196 e. The minimum Gasteiger partial charge on any atom is -0.288 e. The van der Waals surface area contributed by atoms with Crippen LogP contribution >= 0.6 is 23.1 Å². The lowest BCUT2D eigenvalue weighted by atomic mass is 10.1. The molecule has 0 fully saturated rings. The van der Waals surface area contributed by atoms with Gasteiger partial charge in [0.05, 0.1) is 4.21 Å². The maximum absolute atomic E-state index is 12.2. The van der Waals surface area contributed by atoms with E-state index in [0.717, 1.165) is 14.6 Å². The molecule has 2 heterocycles. The van der Waals surface area contributed by atoms with Crippen molar-refractivity contribution in [2.24, 2.45) is 0 Å². The summed E-state index contributed by atoms with van der Waals surface area (Å²) in [5.74, 6) is 0.0572. The molecule has 2 aromatic rings. The second kappa shape index (κ2) is 4.80. The van der Waals surface area contributed by atoms with Crippen LogP contribution in [-0.4, -0.2) is 17.0 Å². The zero-order valence-corrected chi connectivity index (χ0v) is 10.7. The average Bonchev–Trinajstić information content (AvgIpc) is 2.70. The second-order valence-electron chi connectivity index (χ2n) is 3.33. The summed E-state index contributed by atoms with van der Waals surface area (Å²) in [7, 11) is 0. The molecule has 0 unspecified atom stereocenters. The number of ketones is 1. The SMILES string of the molecule is CSc1sc(C)cc1C(=O)c1cccnc1. The van der Waals surface area contributed by atoms with Crippen molar-refractivity contribution in [2.75, 3.05) is 6.26 Å². The number of thiophene rings is 1. The van der Waals surface area contributed by atoms with Crippen molar-refractivity contribution >= 4 is 28.9 Å². The van der Waals surface area contributed by atoms with Gasteiger partial charge in [0.25, 0.3) is 0 Å². The third-order valence-corrected chi connectivity index (χ3v) is 4.36. The zero-order chi connectivity index (χ0) is 11.5. The van der Waals surface area contributed by atoms with Crippen molar-refractivity contribution in [2.45, 2.75) is 11.1 Å². The Morgan fingerprint density at radius 1 is 1.50 bits per heavy atom. The Hall–Kier alpha value is -1.13. The number of aromatic nitrogens is 1. The van der Waals surface area contributed by atoms with Gasteiger partial charge in [-0.05, 0) is 31.4 Å². The minimum absolute atomic E-state index is 0.0572. The number of hydrogen-bond donors (Lipinski definition) is 0. The van der Waals surface area contributed by atoms with Gasteiger partial charge in [0.15, 0.2) is 5.78 Å². The van der Waals surface area contributed by atoms with E-state index in [2.05, 4.69) is 4.98 Å². The van der Waals surface area contributed by atoms with Gasteiger partial charge in [-0.15, -0.1) is 23.1 Å². The van der Waals surface area contributed by atoms with E-state index >= 15 is 0 Å². The van der Waals surface area contributed by atoms with Crippen molar-refractivity contribution < 1.29 is 4.79 Å². The third kappa shape index (κ3) is 2.18. The van der Waals surface area contributed by atoms with Gasteiger partial charge in [-0.2, -0.15) is 0 Å². The molecule has 0 radical (unpaired) electrons. The minimum atomic E-state index is 0.0572. The summed E-state index contributed by atoms with van der Waals surface area (Å²) >= 11 is 3.28. The molecule has 2 nitrogen and oxygen atoms in total. The highest BCUT2D eigenvalue weighted by molar-refractivity contribution is 8.00. The molecular weight excluding hydrogens is 238 g/mol. The first-order valence-corrected chi connectivity index (χ1v) is 6.85. The highest BCUT2D eigenvalue weighted by atomic mass is 32.2. The molecule has 0 aliphatic rings. The Bertz CT molecular complexity index is 505. The van der Waals surface area contributed by atoms with Gasteiger partial charge in [-0.3, -0.25) is 9.78 Å². The van der Waals surface area contributed by atoms with E-state index in [9.17, 15) is 4.79 Å². The smallest absolute Gasteiger partial charge is 0.196 e. The van der Waals surface area contributed by atoms with E-state index in [-0.39, 0.29) is 5.78 Å². The van der Waals surface area contributed by atoms with Gasteiger partial charge in [0, 0.05) is 28.4 Å². The normalized spacial score (nSPS) is 10.4. The van der Waals surface area contributed by atoms with Crippen LogP contribution in [0, 0.1) is 6.92 Å². The van der Waals surface area contributed by atoms with Crippen LogP contribution in [0.2, 0.25) is 0 Å². The van der Waals surface area contributed by atoms with Gasteiger partial charge in [-0.25, -0.2) is 0 Å². The average molecular weight is 249 g/mol. The molecule has 82 valence electrons. The van der Waals surface area contributed by atoms with Crippen molar-refractivity contribution in [3.63, 3.8) is 0 Å². The van der Waals surface area contributed by atoms with Crippen LogP contribution in [0.1, 0.15) is 20.8 Å². The molecule has 0 amide bonds. The Morgan fingerprint density at radius 2 is 2.31 bits per heavy atom. The van der Waals surface area contributed by atoms with Gasteiger partial charge >= 0.3 is 0 Å². The molecule has 0 atom stereocenters. The van der Waals surface area contributed by atoms with E-state index in [1.807, 2.05) is 19.2 Å². The van der Waals surface area contributed by atoms with Crippen LogP contribution in [0.5, 0.6) is 0 Å². The summed E-state index contributed by atoms with van der Waals surface area (Å²) in [6.07, 6.45) is 5.27. The molecule has 0 aromatic carbocycles. The largest absolute Gasteiger partial charge is 0.288 e. The maximum atomic E-state index is 12.2. The van der Waals surface area contributed by atoms with Crippen molar-refractivity contribution in [1.82, 2.24) is 4.98 Å². The molecule has 0 spiro atoms. The standard InChI is InChI=1S/C12H11NOS2/c1-8-6-10(12(15-2)16-8)11(14)9-4-3-5-13-7-9/h3-7H,1-2H3. The van der Waals surface area contributed by atoms with E-state index in [1.54, 1.807) is 47.6 Å². The highest BCUT2D eigenvalue weighted by Gasteiger charge is 2.15. The summed E-state index contributed by atoms with van der Waals surface area (Å²) in [6.45, 7) is 2.02. The van der Waals surface area contributed by atoms with Crippen LogP contribution in [0.3, 0.4) is 0 Å². The van der Waals surface area contributed by atoms with Crippen LogP contribution in [-0.2, 0) is 0 Å². The number of rotatable bonds is 3. The number of hydrogen-bond acceptors (Lipinski definition) is 4. The summed E-state index contributed by atoms with van der Waals surface area (Å²) in [5, 5.41) is 0. The number of carbonyl (C=O) groups excluding carboxylic acids is 1. The van der Waals surface area contributed by atoms with E-state index in [1.165, 1.54) is 0 Å². The molecule has 0 aliphatic heterocycles. The van der Waals surface area contributed by atoms with Gasteiger partial charge in [0.2, 0.25) is 0 Å². The van der Waals surface area contributed by atoms with E-state index < -0.39 is 0 Å². The number of nitrogens with zero attached hydrogens (tertiary/aromatic N) is 1. The molecule has 0 saturated heterocycles. The van der Waals surface area contributed by atoms with E-state index in [0.29, 0.717) is 5.56 Å². The van der Waals surface area contributed by atoms with Gasteiger partial charge in [-0.1, -0.05) is 0 Å². The summed E-state index contributed by atoms with van der Waals surface area (Å²) < 4.78 is 1.08. The van der Waals surface area contributed by atoms with Crippen molar-refractivity contribution in [1.29, 1.82) is 0 Å². The van der Waals surface area contributed by atoms with Gasteiger partial charge in [0.1, 0.15) is 0 Å². The molecule has 0 bridgehead atoms. The molecule has 0 saturated carbocycles. The quantitative estimate of drug-likeness (QED) is 0.617. The predicted octanol–water partition coefficient (Wildman–Crippen LogP) is 3.40. The first-order chi connectivity index (χ1) is 7.72. The van der Waals surface area contributed by atoms with Crippen molar-refractivity contribution in [3.05, 3.63) is 46.6 Å². The Balaban J connectivity index is 2.41. The fourth-order valence-corrected chi connectivity index (χ4v) is 3.29. The molecule has 2 aromatic heterocycles. The molecule has 16 heavy (non-hydrogen) atoms. The summed E-state index contributed by atoms with van der Waals surface area (Å²) in [4.78, 5) is 17.3. The van der Waals surface area contributed by atoms with Crippen LogP contribution in [0.4, 0.5) is 0 Å². The highest BCUT2D eigenvalue weighted by Crippen LogP contribution is 2.31. The molecule has 2 rings (SSSR count). The van der Waals surface area contributed by atoms with E-state index in [4.69, 9.17) is 0 Å². The molecule has 0 N–H and O–H groups in total. The van der Waals surface area contributed by atoms with Crippen molar-refractivity contribution in [3.8, 4) is 0 Å². The Morgan fingerprint density at radius 3 is 2.94 bits per heavy atom. The molecular formula is C12H11NOS2. The summed E-state index contributed by atoms with van der Waals surface area (Å²) in [6, 6.07) is 5.53. The van der Waals surface area contributed by atoms with Gasteiger partial charge < -0.3 is 0 Å². The first-order valence-electron chi connectivity index (χ1n) is 4.81. The topological polar surface area (TPSA) is 30.0 Å². The van der Waals surface area contributed by atoms with Crippen LogP contribution in [0.25, 0.3) is 0 Å². The van der Waals surface area contributed by atoms with Crippen LogP contribution in [0.15, 0.2) is 34.8 Å². The second-order valence-corrected chi connectivity index (χ2v) is 5.66. The Kier molecular flexibility index (Phi) is 3.41. The lowest BCUT2D eigenvalue weighted by Gasteiger charge is -1.99. The fourth-order valence-electron chi connectivity index (χ4n) is 1.46. The summed E-state index contributed by atoms with van der Waals surface area (Å²) in [5.41, 5.74) is 1.44. The van der Waals surface area contributed by atoms with Crippen LogP contribution < -0.4 is 0 Å². The zero-order valence-electron chi connectivity index (χ0n) is 9.06. The fraction of sp³-hybridized carbons (Fsp3) is 0.167. The lowest BCUT2D eigenvalue weighted by molar-refractivity contribution is 0.103. The molecule has 4 heteroatoms. The number of aryl methyl sites for hydroxylation is 1. The first kappa shape index (κ1) is 11.4. The Labute approximate surface area is 103 Å². The number of pyridine rings is 1. The molecule has 0 aliphatic carbocycles. The number of carbonyl (C=O) groups is 1. The third-order valence-electron chi connectivity index (χ3n) is 2.17. The monoisotopic (exact) mass is 249 g/mol. The number of thioether (sulfide) groups is 1. The lowest BCUT2D eigenvalue weighted by Crippen LogP contribution is -2.00. The predicted molar refractivity (Wildman–Crippen MR) is 68.5 cm³/mol.